The third-order valence-electron chi connectivity index (χ3n) is 4.00. The van der Waals surface area contributed by atoms with Gasteiger partial charge < -0.3 is 5.32 Å². The molecule has 0 aromatic carbocycles. The van der Waals surface area contributed by atoms with Crippen LogP contribution in [0.5, 0.6) is 0 Å². The molecule has 0 aliphatic heterocycles. The second kappa shape index (κ2) is 8.44. The molecular weight excluding hydrogens is 334 g/mol. The summed E-state index contributed by atoms with van der Waals surface area (Å²) in [6.07, 6.45) is 10.1. The summed E-state index contributed by atoms with van der Waals surface area (Å²) < 4.78 is 3.28. The van der Waals surface area contributed by atoms with Crippen LogP contribution in [0.4, 0.5) is 0 Å². The number of rotatable bonds is 7. The van der Waals surface area contributed by atoms with Gasteiger partial charge in [-0.1, -0.05) is 26.2 Å². The highest BCUT2D eigenvalue weighted by atomic mass is 79.9. The maximum atomic E-state index is 4.49. The molecule has 1 fully saturated rings. The van der Waals surface area contributed by atoms with Crippen LogP contribution in [0.2, 0.25) is 0 Å². The SMILES string of the molecule is CCCn1ncc(Br)c1C(CSC1CCCCC1)NC. The lowest BCUT2D eigenvalue weighted by Crippen LogP contribution is -2.24. The maximum Gasteiger partial charge on any atom is 0.0704 e. The summed E-state index contributed by atoms with van der Waals surface area (Å²) in [7, 11) is 2.06. The zero-order valence-electron chi connectivity index (χ0n) is 12.6. The summed E-state index contributed by atoms with van der Waals surface area (Å²) in [5.74, 6) is 1.13. The number of nitrogens with one attached hydrogen (secondary N) is 1. The lowest BCUT2D eigenvalue weighted by molar-refractivity contribution is 0.508. The van der Waals surface area contributed by atoms with Gasteiger partial charge in [0.1, 0.15) is 0 Å². The Morgan fingerprint density at radius 1 is 1.45 bits per heavy atom. The fourth-order valence-electron chi connectivity index (χ4n) is 2.87. The molecule has 0 saturated heterocycles. The predicted molar refractivity (Wildman–Crippen MR) is 91.3 cm³/mol. The molecule has 5 heteroatoms. The summed E-state index contributed by atoms with van der Waals surface area (Å²) in [4.78, 5) is 0. The van der Waals surface area contributed by atoms with Crippen molar-refractivity contribution in [3.05, 3.63) is 16.4 Å². The van der Waals surface area contributed by atoms with Crippen molar-refractivity contribution in [3.63, 3.8) is 0 Å². The number of aryl methyl sites for hydroxylation is 1. The van der Waals surface area contributed by atoms with Crippen LogP contribution in [0.15, 0.2) is 10.7 Å². The molecule has 114 valence electrons. The fourth-order valence-corrected chi connectivity index (χ4v) is 4.90. The van der Waals surface area contributed by atoms with Crippen LogP contribution in [-0.4, -0.2) is 27.8 Å². The molecule has 0 amide bonds. The van der Waals surface area contributed by atoms with E-state index in [-0.39, 0.29) is 0 Å². The van der Waals surface area contributed by atoms with Crippen molar-refractivity contribution >= 4 is 27.7 Å². The van der Waals surface area contributed by atoms with Gasteiger partial charge in [0, 0.05) is 17.5 Å². The molecule has 20 heavy (non-hydrogen) atoms. The lowest BCUT2D eigenvalue weighted by Gasteiger charge is -2.24. The van der Waals surface area contributed by atoms with E-state index in [2.05, 4.69) is 56.8 Å². The van der Waals surface area contributed by atoms with Gasteiger partial charge in [0.15, 0.2) is 0 Å². The number of nitrogens with zero attached hydrogens (tertiary/aromatic N) is 2. The Hall–Kier alpha value is -0.0000000000000000763. The van der Waals surface area contributed by atoms with E-state index in [4.69, 9.17) is 0 Å². The molecule has 1 unspecified atom stereocenters. The largest absolute Gasteiger partial charge is 0.311 e. The second-order valence-corrected chi connectivity index (χ2v) is 7.72. The van der Waals surface area contributed by atoms with Crippen LogP contribution in [0.25, 0.3) is 0 Å². The first kappa shape index (κ1) is 16.4. The molecule has 1 aliphatic carbocycles. The number of aromatic nitrogens is 2. The van der Waals surface area contributed by atoms with Gasteiger partial charge in [-0.25, -0.2) is 0 Å². The zero-order chi connectivity index (χ0) is 14.4. The molecule has 3 nitrogen and oxygen atoms in total. The van der Waals surface area contributed by atoms with Crippen molar-refractivity contribution in [3.8, 4) is 0 Å². The van der Waals surface area contributed by atoms with E-state index < -0.39 is 0 Å². The Bertz CT molecular complexity index is 402. The van der Waals surface area contributed by atoms with Gasteiger partial charge in [0.25, 0.3) is 0 Å². The highest BCUT2D eigenvalue weighted by Gasteiger charge is 2.21. The van der Waals surface area contributed by atoms with Crippen LogP contribution in [0, 0.1) is 0 Å². The standard InChI is InChI=1S/C15H26BrN3S/c1-3-9-19-15(13(16)10-18-19)14(17-2)11-20-12-7-5-4-6-8-12/h10,12,14,17H,3-9,11H2,1-2H3. The van der Waals surface area contributed by atoms with Crippen LogP contribution >= 0.6 is 27.7 Å². The van der Waals surface area contributed by atoms with Gasteiger partial charge >= 0.3 is 0 Å². The molecule has 0 radical (unpaired) electrons. The predicted octanol–water partition coefficient (Wildman–Crippen LogP) is 4.38. The lowest BCUT2D eigenvalue weighted by atomic mass is 10.0. The van der Waals surface area contributed by atoms with Gasteiger partial charge in [-0.2, -0.15) is 16.9 Å². The summed E-state index contributed by atoms with van der Waals surface area (Å²) >= 11 is 5.80. The first-order chi connectivity index (χ1) is 9.76. The molecule has 1 aromatic rings. The average Bonchev–Trinajstić information content (AvgIpc) is 2.83. The van der Waals surface area contributed by atoms with Crippen LogP contribution < -0.4 is 5.32 Å². The van der Waals surface area contributed by atoms with Gasteiger partial charge in [0.05, 0.1) is 22.4 Å². The normalized spacial score (nSPS) is 18.4. The first-order valence-electron chi connectivity index (χ1n) is 7.76. The van der Waals surface area contributed by atoms with Gasteiger partial charge in [-0.05, 0) is 42.2 Å². The molecule has 0 bridgehead atoms. The molecule has 0 spiro atoms. The van der Waals surface area contributed by atoms with Crippen LogP contribution in [-0.2, 0) is 6.54 Å². The number of halogens is 1. The van der Waals surface area contributed by atoms with Crippen molar-refractivity contribution in [2.75, 3.05) is 12.8 Å². The Balaban J connectivity index is 1.98. The molecule has 1 aliphatic rings. The number of thioether (sulfide) groups is 1. The maximum absolute atomic E-state index is 4.49. The quantitative estimate of drug-likeness (QED) is 0.783. The molecular formula is C15H26BrN3S. The molecule has 1 aromatic heterocycles. The summed E-state index contributed by atoms with van der Waals surface area (Å²) in [6.45, 7) is 3.19. The topological polar surface area (TPSA) is 29.9 Å². The third kappa shape index (κ3) is 4.25. The Morgan fingerprint density at radius 3 is 2.85 bits per heavy atom. The zero-order valence-corrected chi connectivity index (χ0v) is 15.0. The average molecular weight is 360 g/mol. The molecule has 2 rings (SSSR count). The minimum absolute atomic E-state index is 0.380. The number of hydrogen-bond donors (Lipinski definition) is 1. The fraction of sp³-hybridized carbons (Fsp3) is 0.800. The van der Waals surface area contributed by atoms with Crippen molar-refractivity contribution in [2.24, 2.45) is 0 Å². The number of hydrogen-bond acceptors (Lipinski definition) is 3. The van der Waals surface area contributed by atoms with Crippen molar-refractivity contribution in [2.45, 2.75) is 63.3 Å². The van der Waals surface area contributed by atoms with Gasteiger partial charge in [0.2, 0.25) is 0 Å². The van der Waals surface area contributed by atoms with Crippen molar-refractivity contribution in [1.82, 2.24) is 15.1 Å². The van der Waals surface area contributed by atoms with Crippen LogP contribution in [0.3, 0.4) is 0 Å². The van der Waals surface area contributed by atoms with E-state index in [1.807, 2.05) is 6.20 Å². The minimum atomic E-state index is 0.380. The van der Waals surface area contributed by atoms with Crippen LogP contribution in [0.1, 0.15) is 57.2 Å². The third-order valence-corrected chi connectivity index (χ3v) is 6.08. The second-order valence-electron chi connectivity index (χ2n) is 5.54. The van der Waals surface area contributed by atoms with E-state index in [0.29, 0.717) is 6.04 Å². The van der Waals surface area contributed by atoms with E-state index in [0.717, 1.165) is 28.4 Å². The Kier molecular flexibility index (Phi) is 6.91. The van der Waals surface area contributed by atoms with E-state index in [9.17, 15) is 0 Å². The van der Waals surface area contributed by atoms with E-state index in [1.165, 1.54) is 37.8 Å². The van der Waals surface area contributed by atoms with Crippen molar-refractivity contribution < 1.29 is 0 Å². The van der Waals surface area contributed by atoms with E-state index >= 15 is 0 Å². The van der Waals surface area contributed by atoms with Crippen molar-refractivity contribution in [1.29, 1.82) is 0 Å². The first-order valence-corrected chi connectivity index (χ1v) is 9.60. The van der Waals surface area contributed by atoms with Gasteiger partial charge in [-0.15, -0.1) is 0 Å². The Morgan fingerprint density at radius 2 is 2.20 bits per heavy atom. The molecule has 1 N–H and O–H groups in total. The van der Waals surface area contributed by atoms with E-state index in [1.54, 1.807) is 0 Å². The highest BCUT2D eigenvalue weighted by Crippen LogP contribution is 2.32. The molecule has 1 saturated carbocycles. The highest BCUT2D eigenvalue weighted by molar-refractivity contribution is 9.10. The summed E-state index contributed by atoms with van der Waals surface area (Å²) in [6, 6.07) is 0.380. The molecule has 1 atom stereocenters. The smallest absolute Gasteiger partial charge is 0.0704 e. The monoisotopic (exact) mass is 359 g/mol. The minimum Gasteiger partial charge on any atom is -0.311 e. The Labute approximate surface area is 135 Å². The molecule has 1 heterocycles. The summed E-state index contributed by atoms with van der Waals surface area (Å²) in [5, 5.41) is 8.82. The van der Waals surface area contributed by atoms with Gasteiger partial charge in [-0.3, -0.25) is 4.68 Å². The summed E-state index contributed by atoms with van der Waals surface area (Å²) in [5.41, 5.74) is 1.30.